The molecule has 0 unspecified atom stereocenters. The first kappa shape index (κ1) is 10.8. The van der Waals surface area contributed by atoms with Crippen LogP contribution in [0.1, 0.15) is 30.1 Å². The lowest BCUT2D eigenvalue weighted by Crippen LogP contribution is -2.04. The molecule has 14 heavy (non-hydrogen) atoms. The summed E-state index contributed by atoms with van der Waals surface area (Å²) in [5, 5.41) is 0. The maximum atomic E-state index is 13.0. The van der Waals surface area contributed by atoms with Crippen LogP contribution in [0.5, 0.6) is 0 Å². The molecular weight excluding hydrogens is 193 g/mol. The molecule has 0 radical (unpaired) electrons. The highest BCUT2D eigenvalue weighted by Gasteiger charge is 2.16. The third kappa shape index (κ3) is 2.13. The Kier molecular flexibility index (Phi) is 3.28. The molecule has 4 heteroatoms. The van der Waals surface area contributed by atoms with Crippen molar-refractivity contribution in [2.75, 3.05) is 0 Å². The Morgan fingerprint density at radius 3 is 2.50 bits per heavy atom. The molecule has 0 spiro atoms. The number of ketones is 1. The van der Waals surface area contributed by atoms with Gasteiger partial charge >= 0.3 is 0 Å². The number of Topliss-reactive ketones (excluding diaryl/α,β-unsaturated/α-hetero) is 1. The molecule has 1 aromatic carbocycles. The smallest absolute Gasteiger partial charge is 0.169 e. The second kappa shape index (κ2) is 4.26. The van der Waals surface area contributed by atoms with Crippen molar-refractivity contribution in [2.45, 2.75) is 19.8 Å². The molecule has 0 saturated carbocycles. The van der Waals surface area contributed by atoms with Gasteiger partial charge in [0.2, 0.25) is 0 Å². The molecule has 0 aromatic heterocycles. The van der Waals surface area contributed by atoms with E-state index in [0.29, 0.717) is 12.5 Å². The van der Waals surface area contributed by atoms with Gasteiger partial charge in [-0.2, -0.15) is 0 Å². The van der Waals surface area contributed by atoms with Crippen molar-refractivity contribution in [2.24, 2.45) is 0 Å². The summed E-state index contributed by atoms with van der Waals surface area (Å²) in [5.41, 5.74) is -0.510. The molecule has 0 aliphatic carbocycles. The second-order valence-electron chi connectivity index (χ2n) is 2.92. The van der Waals surface area contributed by atoms with Crippen molar-refractivity contribution in [1.29, 1.82) is 0 Å². The van der Waals surface area contributed by atoms with Crippen LogP contribution in [0, 0.1) is 17.5 Å². The van der Waals surface area contributed by atoms with Gasteiger partial charge in [0.15, 0.2) is 17.4 Å². The van der Waals surface area contributed by atoms with E-state index in [1.165, 1.54) is 0 Å². The van der Waals surface area contributed by atoms with Crippen molar-refractivity contribution in [3.8, 4) is 0 Å². The van der Waals surface area contributed by atoms with Crippen molar-refractivity contribution in [1.82, 2.24) is 0 Å². The topological polar surface area (TPSA) is 17.1 Å². The van der Waals surface area contributed by atoms with Gasteiger partial charge in [-0.3, -0.25) is 4.79 Å². The van der Waals surface area contributed by atoms with Crippen LogP contribution in [0.4, 0.5) is 13.2 Å². The van der Waals surface area contributed by atoms with Gasteiger partial charge in [-0.15, -0.1) is 0 Å². The summed E-state index contributed by atoms with van der Waals surface area (Å²) in [7, 11) is 0. The summed E-state index contributed by atoms with van der Waals surface area (Å²) in [6.45, 7) is 1.73. The van der Waals surface area contributed by atoms with Crippen LogP contribution >= 0.6 is 0 Å². The average molecular weight is 202 g/mol. The lowest BCUT2D eigenvalue weighted by molar-refractivity contribution is 0.0976. The van der Waals surface area contributed by atoms with E-state index in [1.54, 1.807) is 6.92 Å². The van der Waals surface area contributed by atoms with Crippen molar-refractivity contribution < 1.29 is 18.0 Å². The summed E-state index contributed by atoms with van der Waals surface area (Å²) in [4.78, 5) is 11.2. The lowest BCUT2D eigenvalue weighted by atomic mass is 10.1. The molecule has 1 aromatic rings. The third-order valence-corrected chi connectivity index (χ3v) is 1.77. The summed E-state index contributed by atoms with van der Waals surface area (Å²) >= 11 is 0. The molecule has 0 saturated heterocycles. The molecule has 0 fully saturated rings. The molecule has 0 amide bonds. The highest BCUT2D eigenvalue weighted by atomic mass is 19.2. The summed E-state index contributed by atoms with van der Waals surface area (Å²) in [6, 6.07) is 1.13. The standard InChI is InChI=1S/C10H9F3O/c1-2-3-9(14)7-4-6(11)5-8(12)10(7)13/h4-5H,2-3H2,1H3. The Bertz CT molecular complexity index is 361. The van der Waals surface area contributed by atoms with E-state index >= 15 is 0 Å². The molecule has 0 bridgehead atoms. The van der Waals surface area contributed by atoms with E-state index in [2.05, 4.69) is 0 Å². The third-order valence-electron chi connectivity index (χ3n) is 1.77. The van der Waals surface area contributed by atoms with E-state index in [9.17, 15) is 18.0 Å². The first-order valence-electron chi connectivity index (χ1n) is 4.24. The van der Waals surface area contributed by atoms with Crippen molar-refractivity contribution in [3.05, 3.63) is 35.1 Å². The molecule has 1 rings (SSSR count). The fraction of sp³-hybridized carbons (Fsp3) is 0.300. The Balaban J connectivity index is 3.13. The number of carbonyl (C=O) groups is 1. The van der Waals surface area contributed by atoms with Gasteiger partial charge in [0, 0.05) is 12.5 Å². The molecule has 0 N–H and O–H groups in total. The predicted octanol–water partition coefficient (Wildman–Crippen LogP) is 3.09. The minimum absolute atomic E-state index is 0.0831. The normalized spacial score (nSPS) is 10.3. The molecule has 76 valence electrons. The summed E-state index contributed by atoms with van der Waals surface area (Å²) < 4.78 is 38.3. The summed E-state index contributed by atoms with van der Waals surface area (Å²) in [6.07, 6.45) is 0.593. The first-order valence-corrected chi connectivity index (χ1v) is 4.24. The quantitative estimate of drug-likeness (QED) is 0.543. The fourth-order valence-electron chi connectivity index (χ4n) is 1.12. The Labute approximate surface area is 79.5 Å². The molecule has 0 atom stereocenters. The van der Waals surface area contributed by atoms with Crippen LogP contribution < -0.4 is 0 Å². The number of benzene rings is 1. The van der Waals surface area contributed by atoms with Gasteiger partial charge in [-0.05, 0) is 12.5 Å². The molecule has 1 nitrogen and oxygen atoms in total. The number of hydrogen-bond acceptors (Lipinski definition) is 1. The van der Waals surface area contributed by atoms with E-state index in [0.717, 1.165) is 6.07 Å². The fourth-order valence-corrected chi connectivity index (χ4v) is 1.12. The Hall–Kier alpha value is -1.32. The zero-order valence-electron chi connectivity index (χ0n) is 7.61. The molecule has 0 aliphatic rings. The van der Waals surface area contributed by atoms with E-state index in [-0.39, 0.29) is 6.42 Å². The maximum Gasteiger partial charge on any atom is 0.169 e. The Morgan fingerprint density at radius 1 is 1.29 bits per heavy atom. The zero-order valence-corrected chi connectivity index (χ0v) is 7.61. The lowest BCUT2D eigenvalue weighted by Gasteiger charge is -2.02. The second-order valence-corrected chi connectivity index (χ2v) is 2.92. The van der Waals surface area contributed by atoms with Crippen LogP contribution in [-0.2, 0) is 0 Å². The van der Waals surface area contributed by atoms with Crippen molar-refractivity contribution in [3.63, 3.8) is 0 Å². The average Bonchev–Trinajstić information content (AvgIpc) is 2.11. The van der Waals surface area contributed by atoms with Gasteiger partial charge in [0.1, 0.15) is 5.82 Å². The monoisotopic (exact) mass is 202 g/mol. The predicted molar refractivity (Wildman–Crippen MR) is 45.6 cm³/mol. The Morgan fingerprint density at radius 2 is 1.93 bits per heavy atom. The van der Waals surface area contributed by atoms with Crippen LogP contribution in [0.2, 0.25) is 0 Å². The zero-order chi connectivity index (χ0) is 10.7. The maximum absolute atomic E-state index is 13.0. The van der Waals surface area contributed by atoms with Crippen LogP contribution in [0.15, 0.2) is 12.1 Å². The van der Waals surface area contributed by atoms with Gasteiger partial charge in [0.25, 0.3) is 0 Å². The van der Waals surface area contributed by atoms with E-state index in [4.69, 9.17) is 0 Å². The van der Waals surface area contributed by atoms with Crippen molar-refractivity contribution >= 4 is 5.78 Å². The SMILES string of the molecule is CCCC(=O)c1cc(F)cc(F)c1F. The highest BCUT2D eigenvalue weighted by molar-refractivity contribution is 5.96. The first-order chi connectivity index (χ1) is 6.56. The summed E-state index contributed by atoms with van der Waals surface area (Å²) in [5.74, 6) is -4.12. The van der Waals surface area contributed by atoms with Gasteiger partial charge in [-0.25, -0.2) is 13.2 Å². The number of carbonyl (C=O) groups excluding carboxylic acids is 1. The molecule has 0 heterocycles. The minimum Gasteiger partial charge on any atom is -0.294 e. The number of halogens is 3. The van der Waals surface area contributed by atoms with Gasteiger partial charge in [-0.1, -0.05) is 6.92 Å². The van der Waals surface area contributed by atoms with E-state index < -0.39 is 28.8 Å². The molecule has 0 aliphatic heterocycles. The molecular formula is C10H9F3O. The van der Waals surface area contributed by atoms with Gasteiger partial charge < -0.3 is 0 Å². The number of hydrogen-bond donors (Lipinski definition) is 0. The largest absolute Gasteiger partial charge is 0.294 e. The van der Waals surface area contributed by atoms with E-state index in [1.807, 2.05) is 0 Å². The van der Waals surface area contributed by atoms with Crippen LogP contribution in [-0.4, -0.2) is 5.78 Å². The number of rotatable bonds is 3. The van der Waals surface area contributed by atoms with Gasteiger partial charge in [0.05, 0.1) is 5.56 Å². The van der Waals surface area contributed by atoms with Crippen LogP contribution in [0.3, 0.4) is 0 Å². The minimum atomic E-state index is -1.33. The highest BCUT2D eigenvalue weighted by Crippen LogP contribution is 2.16. The van der Waals surface area contributed by atoms with Crippen LogP contribution in [0.25, 0.3) is 0 Å².